The average Bonchev–Trinajstić information content (AvgIpc) is 2.70. The van der Waals surface area contributed by atoms with Crippen LogP contribution in [0.2, 0.25) is 0 Å². The van der Waals surface area contributed by atoms with Crippen LogP contribution in [0.15, 0.2) is 0 Å². The molecule has 1 aliphatic heterocycles. The summed E-state index contributed by atoms with van der Waals surface area (Å²) in [5, 5.41) is 2.70. The maximum absolute atomic E-state index is 12.6. The summed E-state index contributed by atoms with van der Waals surface area (Å²) < 4.78 is 0. The summed E-state index contributed by atoms with van der Waals surface area (Å²) in [5.41, 5.74) is 6.17. The van der Waals surface area contributed by atoms with E-state index in [0.717, 1.165) is 38.5 Å². The molecule has 2 amide bonds. The van der Waals surface area contributed by atoms with Gasteiger partial charge in [-0.25, -0.2) is 0 Å². The predicted molar refractivity (Wildman–Crippen MR) is 77.9 cm³/mol. The fourth-order valence-corrected chi connectivity index (χ4v) is 3.44. The zero-order valence-corrected chi connectivity index (χ0v) is 12.4. The maximum Gasteiger partial charge on any atom is 0.227 e. The van der Waals surface area contributed by atoms with Crippen molar-refractivity contribution in [1.82, 2.24) is 10.2 Å². The molecule has 0 aromatic carbocycles. The number of rotatable bonds is 2. The number of carbonyl (C=O) groups excluding carboxylic acids is 2. The third kappa shape index (κ3) is 3.51. The molecule has 2 fully saturated rings. The second kappa shape index (κ2) is 7.07. The Balaban J connectivity index is 1.89. The van der Waals surface area contributed by atoms with E-state index in [9.17, 15) is 9.59 Å². The third-order valence-electron chi connectivity index (χ3n) is 4.81. The maximum atomic E-state index is 12.6. The molecule has 0 bridgehead atoms. The third-order valence-corrected chi connectivity index (χ3v) is 4.81. The van der Waals surface area contributed by atoms with Crippen LogP contribution in [0.3, 0.4) is 0 Å². The van der Waals surface area contributed by atoms with Crippen LogP contribution in [0.5, 0.6) is 0 Å². The lowest BCUT2D eigenvalue weighted by molar-refractivity contribution is -0.139. The van der Waals surface area contributed by atoms with Crippen molar-refractivity contribution in [1.29, 1.82) is 0 Å². The molecular weight excluding hydrogens is 254 g/mol. The van der Waals surface area contributed by atoms with E-state index in [2.05, 4.69) is 5.32 Å². The first-order valence-corrected chi connectivity index (χ1v) is 7.89. The zero-order valence-electron chi connectivity index (χ0n) is 12.4. The average molecular weight is 281 g/mol. The smallest absolute Gasteiger partial charge is 0.227 e. The quantitative estimate of drug-likeness (QED) is 0.738. The van der Waals surface area contributed by atoms with Crippen molar-refractivity contribution in [3.8, 4) is 0 Å². The molecule has 1 aliphatic carbocycles. The summed E-state index contributed by atoms with van der Waals surface area (Å²) in [7, 11) is 1.67. The molecular formula is C15H27N3O2. The van der Waals surface area contributed by atoms with E-state index in [0.29, 0.717) is 13.1 Å². The number of hydrogen-bond acceptors (Lipinski definition) is 3. The fourth-order valence-electron chi connectivity index (χ4n) is 3.44. The normalized spacial score (nSPS) is 28.8. The molecule has 2 rings (SSSR count). The molecule has 0 aromatic heterocycles. The molecule has 2 aliphatic rings. The monoisotopic (exact) mass is 281 g/mol. The molecule has 5 nitrogen and oxygen atoms in total. The molecule has 20 heavy (non-hydrogen) atoms. The number of amides is 2. The van der Waals surface area contributed by atoms with E-state index >= 15 is 0 Å². The summed E-state index contributed by atoms with van der Waals surface area (Å²) in [4.78, 5) is 26.1. The summed E-state index contributed by atoms with van der Waals surface area (Å²) in [5.74, 6) is 0.374. The van der Waals surface area contributed by atoms with Gasteiger partial charge < -0.3 is 16.0 Å². The predicted octanol–water partition coefficient (Wildman–Crippen LogP) is 0.879. The highest BCUT2D eigenvalue weighted by Crippen LogP contribution is 2.26. The van der Waals surface area contributed by atoms with Crippen molar-refractivity contribution in [2.75, 3.05) is 20.1 Å². The summed E-state index contributed by atoms with van der Waals surface area (Å²) in [6.07, 6.45) is 6.87. The first kappa shape index (κ1) is 15.3. The Bertz CT molecular complexity index is 351. The van der Waals surface area contributed by atoms with E-state index in [1.165, 1.54) is 6.42 Å². The van der Waals surface area contributed by atoms with Crippen LogP contribution in [0.1, 0.15) is 44.9 Å². The second-order valence-electron chi connectivity index (χ2n) is 6.12. The molecule has 2 unspecified atom stereocenters. The van der Waals surface area contributed by atoms with Crippen molar-refractivity contribution >= 4 is 11.8 Å². The summed E-state index contributed by atoms with van der Waals surface area (Å²) >= 11 is 0. The van der Waals surface area contributed by atoms with Gasteiger partial charge in [0.25, 0.3) is 0 Å². The van der Waals surface area contributed by atoms with Crippen LogP contribution in [-0.4, -0.2) is 42.9 Å². The van der Waals surface area contributed by atoms with Gasteiger partial charge in [0.2, 0.25) is 11.8 Å². The number of likely N-dealkylation sites (tertiary alicyclic amines) is 1. The SMILES string of the molecule is CNC(=O)C1CCN(C(=O)C2CCCCCC2N)CC1. The lowest BCUT2D eigenvalue weighted by Crippen LogP contribution is -2.48. The second-order valence-corrected chi connectivity index (χ2v) is 6.12. The van der Waals surface area contributed by atoms with Gasteiger partial charge in [-0.05, 0) is 25.7 Å². The Hall–Kier alpha value is -1.10. The molecule has 114 valence electrons. The van der Waals surface area contributed by atoms with E-state index in [1.54, 1.807) is 7.05 Å². The van der Waals surface area contributed by atoms with Gasteiger partial charge in [-0.1, -0.05) is 19.3 Å². The Morgan fingerprint density at radius 1 is 1.05 bits per heavy atom. The molecule has 0 radical (unpaired) electrons. The van der Waals surface area contributed by atoms with Crippen molar-refractivity contribution < 1.29 is 9.59 Å². The van der Waals surface area contributed by atoms with Gasteiger partial charge in [0, 0.05) is 32.1 Å². The molecule has 0 aromatic rings. The van der Waals surface area contributed by atoms with Crippen LogP contribution >= 0.6 is 0 Å². The zero-order chi connectivity index (χ0) is 14.5. The number of nitrogens with two attached hydrogens (primary N) is 1. The highest BCUT2D eigenvalue weighted by molar-refractivity contribution is 5.81. The van der Waals surface area contributed by atoms with Gasteiger partial charge in [-0.2, -0.15) is 0 Å². The first-order valence-electron chi connectivity index (χ1n) is 7.89. The minimum atomic E-state index is -0.00551. The molecule has 3 N–H and O–H groups in total. The number of piperidine rings is 1. The minimum Gasteiger partial charge on any atom is -0.359 e. The van der Waals surface area contributed by atoms with Gasteiger partial charge in [-0.3, -0.25) is 9.59 Å². The number of carbonyl (C=O) groups is 2. The van der Waals surface area contributed by atoms with E-state index in [1.807, 2.05) is 4.90 Å². The van der Waals surface area contributed by atoms with E-state index in [4.69, 9.17) is 5.73 Å². The molecule has 2 atom stereocenters. The van der Waals surface area contributed by atoms with Gasteiger partial charge in [0.05, 0.1) is 5.92 Å². The van der Waals surface area contributed by atoms with Crippen molar-refractivity contribution in [2.45, 2.75) is 51.0 Å². The molecule has 0 spiro atoms. The largest absolute Gasteiger partial charge is 0.359 e. The van der Waals surface area contributed by atoms with Crippen molar-refractivity contribution in [3.63, 3.8) is 0 Å². The lowest BCUT2D eigenvalue weighted by atomic mass is 9.91. The Kier molecular flexibility index (Phi) is 5.40. The van der Waals surface area contributed by atoms with Gasteiger partial charge in [-0.15, -0.1) is 0 Å². The first-order chi connectivity index (χ1) is 9.63. The number of hydrogen-bond donors (Lipinski definition) is 2. The van der Waals surface area contributed by atoms with E-state index < -0.39 is 0 Å². The lowest BCUT2D eigenvalue weighted by Gasteiger charge is -2.34. The van der Waals surface area contributed by atoms with Crippen LogP contribution < -0.4 is 11.1 Å². The minimum absolute atomic E-state index is 0.00551. The van der Waals surface area contributed by atoms with Gasteiger partial charge in [0.15, 0.2) is 0 Å². The van der Waals surface area contributed by atoms with Crippen LogP contribution in [0, 0.1) is 11.8 Å². The Morgan fingerprint density at radius 3 is 2.35 bits per heavy atom. The topological polar surface area (TPSA) is 75.4 Å². The Morgan fingerprint density at radius 2 is 1.70 bits per heavy atom. The van der Waals surface area contributed by atoms with Crippen LogP contribution in [0.25, 0.3) is 0 Å². The summed E-state index contributed by atoms with van der Waals surface area (Å²) in [6, 6.07) is 0.0154. The molecule has 1 saturated carbocycles. The van der Waals surface area contributed by atoms with E-state index in [-0.39, 0.29) is 29.7 Å². The van der Waals surface area contributed by atoms with Gasteiger partial charge in [0.1, 0.15) is 0 Å². The number of nitrogens with zero attached hydrogens (tertiary/aromatic N) is 1. The summed E-state index contributed by atoms with van der Waals surface area (Å²) in [6.45, 7) is 1.39. The van der Waals surface area contributed by atoms with Gasteiger partial charge >= 0.3 is 0 Å². The highest BCUT2D eigenvalue weighted by atomic mass is 16.2. The fraction of sp³-hybridized carbons (Fsp3) is 0.867. The Labute approximate surface area is 121 Å². The highest BCUT2D eigenvalue weighted by Gasteiger charge is 2.33. The van der Waals surface area contributed by atoms with Crippen LogP contribution in [0.4, 0.5) is 0 Å². The van der Waals surface area contributed by atoms with Crippen LogP contribution in [-0.2, 0) is 9.59 Å². The van der Waals surface area contributed by atoms with Crippen molar-refractivity contribution in [2.24, 2.45) is 17.6 Å². The molecule has 1 heterocycles. The van der Waals surface area contributed by atoms with Crippen molar-refractivity contribution in [3.05, 3.63) is 0 Å². The number of nitrogens with one attached hydrogen (secondary N) is 1. The standard InChI is InChI=1S/C15H27N3O2/c1-17-14(19)11-7-9-18(10-8-11)15(20)12-5-3-2-4-6-13(12)16/h11-13H,2-10,16H2,1H3,(H,17,19). The molecule has 1 saturated heterocycles. The molecule has 5 heteroatoms.